The molecule has 1 N–H and O–H groups in total. The smallest absolute Gasteiger partial charge is 0.266 e. The van der Waals surface area contributed by atoms with E-state index in [2.05, 4.69) is 5.32 Å². The summed E-state index contributed by atoms with van der Waals surface area (Å²) < 4.78 is 0. The molecular formula is C21H20N2O3. The van der Waals surface area contributed by atoms with Crippen LogP contribution in [0, 0.1) is 5.92 Å². The van der Waals surface area contributed by atoms with Gasteiger partial charge in [0, 0.05) is 11.6 Å². The van der Waals surface area contributed by atoms with E-state index in [0.717, 1.165) is 25.7 Å². The van der Waals surface area contributed by atoms with E-state index in [4.69, 9.17) is 0 Å². The Labute approximate surface area is 152 Å². The minimum atomic E-state index is -0.315. The van der Waals surface area contributed by atoms with Crippen LogP contribution in [0.15, 0.2) is 48.5 Å². The highest BCUT2D eigenvalue weighted by molar-refractivity contribution is 6.34. The summed E-state index contributed by atoms with van der Waals surface area (Å²) in [5, 5.41) is 2.94. The molecule has 0 saturated heterocycles. The first-order valence-corrected chi connectivity index (χ1v) is 9.04. The van der Waals surface area contributed by atoms with Gasteiger partial charge in [0.2, 0.25) is 5.91 Å². The maximum Gasteiger partial charge on any atom is 0.266 e. The van der Waals surface area contributed by atoms with Crippen LogP contribution in [0.2, 0.25) is 0 Å². The molecular weight excluding hydrogens is 328 g/mol. The third kappa shape index (κ3) is 2.90. The number of nitrogens with zero attached hydrogens (tertiary/aromatic N) is 1. The van der Waals surface area contributed by atoms with E-state index < -0.39 is 0 Å². The van der Waals surface area contributed by atoms with Crippen molar-refractivity contribution in [2.45, 2.75) is 32.1 Å². The monoisotopic (exact) mass is 348 g/mol. The van der Waals surface area contributed by atoms with Crippen molar-refractivity contribution in [1.29, 1.82) is 0 Å². The largest absolute Gasteiger partial charge is 0.326 e. The topological polar surface area (TPSA) is 66.5 Å². The molecule has 0 aromatic heterocycles. The second-order valence-corrected chi connectivity index (χ2v) is 6.86. The SMILES string of the molecule is O=C(Nc1ccc(N2C(=O)c3ccccc3C2=O)cc1)C1CCCCC1. The Balaban J connectivity index is 1.49. The average molecular weight is 348 g/mol. The molecule has 132 valence electrons. The van der Waals surface area contributed by atoms with Crippen LogP contribution in [0.4, 0.5) is 11.4 Å². The van der Waals surface area contributed by atoms with Crippen LogP contribution in [0.1, 0.15) is 52.8 Å². The van der Waals surface area contributed by atoms with Crippen molar-refractivity contribution in [3.05, 3.63) is 59.7 Å². The molecule has 0 bridgehead atoms. The van der Waals surface area contributed by atoms with Crippen LogP contribution >= 0.6 is 0 Å². The van der Waals surface area contributed by atoms with Gasteiger partial charge < -0.3 is 5.32 Å². The van der Waals surface area contributed by atoms with Gasteiger partial charge in [0.1, 0.15) is 0 Å². The zero-order chi connectivity index (χ0) is 18.1. The minimum Gasteiger partial charge on any atom is -0.326 e. The molecule has 2 aromatic rings. The third-order valence-electron chi connectivity index (χ3n) is 5.16. The molecule has 1 heterocycles. The number of nitrogens with one attached hydrogen (secondary N) is 1. The second kappa shape index (κ2) is 6.75. The fraction of sp³-hybridized carbons (Fsp3) is 0.286. The molecule has 1 aliphatic carbocycles. The number of benzene rings is 2. The molecule has 26 heavy (non-hydrogen) atoms. The predicted molar refractivity (Wildman–Crippen MR) is 99.2 cm³/mol. The fourth-order valence-electron chi connectivity index (χ4n) is 3.73. The first-order chi connectivity index (χ1) is 12.6. The van der Waals surface area contributed by atoms with Gasteiger partial charge in [-0.1, -0.05) is 31.4 Å². The molecule has 0 unspecified atom stereocenters. The summed E-state index contributed by atoms with van der Waals surface area (Å²) >= 11 is 0. The minimum absolute atomic E-state index is 0.0539. The van der Waals surface area contributed by atoms with E-state index in [1.807, 2.05) is 0 Å². The van der Waals surface area contributed by atoms with Crippen molar-refractivity contribution in [3.8, 4) is 0 Å². The Kier molecular flexibility index (Phi) is 4.29. The number of imide groups is 1. The summed E-state index contributed by atoms with van der Waals surface area (Å²) in [6.45, 7) is 0. The highest BCUT2D eigenvalue weighted by Gasteiger charge is 2.36. The third-order valence-corrected chi connectivity index (χ3v) is 5.16. The summed E-state index contributed by atoms with van der Waals surface area (Å²) in [6.07, 6.45) is 5.31. The lowest BCUT2D eigenvalue weighted by molar-refractivity contribution is -0.120. The molecule has 0 atom stereocenters. The number of hydrogen-bond donors (Lipinski definition) is 1. The van der Waals surface area contributed by atoms with Crippen molar-refractivity contribution in [3.63, 3.8) is 0 Å². The Bertz CT molecular complexity index is 832. The molecule has 3 amide bonds. The van der Waals surface area contributed by atoms with Crippen LogP contribution < -0.4 is 10.2 Å². The molecule has 5 heteroatoms. The van der Waals surface area contributed by atoms with Crippen LogP contribution in [0.5, 0.6) is 0 Å². The molecule has 2 aromatic carbocycles. The summed E-state index contributed by atoms with van der Waals surface area (Å²) in [7, 11) is 0. The van der Waals surface area contributed by atoms with E-state index >= 15 is 0 Å². The highest BCUT2D eigenvalue weighted by atomic mass is 16.2. The fourth-order valence-corrected chi connectivity index (χ4v) is 3.73. The molecule has 5 nitrogen and oxygen atoms in total. The summed E-state index contributed by atoms with van der Waals surface area (Å²) in [5.41, 5.74) is 2.03. The average Bonchev–Trinajstić information content (AvgIpc) is 2.94. The summed E-state index contributed by atoms with van der Waals surface area (Å²) in [5.74, 6) is -0.493. The molecule has 4 rings (SSSR count). The number of fused-ring (bicyclic) bond motifs is 1. The van der Waals surface area contributed by atoms with Crippen molar-refractivity contribution >= 4 is 29.1 Å². The summed E-state index contributed by atoms with van der Waals surface area (Å²) in [4.78, 5) is 38.5. The molecule has 1 aliphatic heterocycles. The standard InChI is InChI=1S/C21H20N2O3/c24-19(14-6-2-1-3-7-14)22-15-10-12-16(13-11-15)23-20(25)17-8-4-5-9-18(17)21(23)26/h4-5,8-14H,1-3,6-7H2,(H,22,24). The number of carbonyl (C=O) groups excluding carboxylic acids is 3. The van der Waals surface area contributed by atoms with Gasteiger partial charge in [-0.15, -0.1) is 0 Å². The van der Waals surface area contributed by atoms with E-state index in [-0.39, 0.29) is 23.6 Å². The van der Waals surface area contributed by atoms with Gasteiger partial charge in [0.15, 0.2) is 0 Å². The van der Waals surface area contributed by atoms with Gasteiger partial charge in [0.25, 0.3) is 11.8 Å². The number of rotatable bonds is 3. The normalized spacial score (nSPS) is 17.3. The van der Waals surface area contributed by atoms with Crippen LogP contribution in [0.3, 0.4) is 0 Å². The van der Waals surface area contributed by atoms with Gasteiger partial charge in [-0.3, -0.25) is 14.4 Å². The van der Waals surface area contributed by atoms with Gasteiger partial charge in [-0.2, -0.15) is 0 Å². The van der Waals surface area contributed by atoms with Gasteiger partial charge in [-0.05, 0) is 49.2 Å². The van der Waals surface area contributed by atoms with E-state index in [1.165, 1.54) is 11.3 Å². The lowest BCUT2D eigenvalue weighted by Crippen LogP contribution is -2.29. The number of hydrogen-bond acceptors (Lipinski definition) is 3. The number of anilines is 2. The maximum absolute atomic E-state index is 12.5. The molecule has 0 spiro atoms. The first kappa shape index (κ1) is 16.5. The Morgan fingerprint density at radius 2 is 1.42 bits per heavy atom. The van der Waals surface area contributed by atoms with Gasteiger partial charge in [-0.25, -0.2) is 4.90 Å². The van der Waals surface area contributed by atoms with E-state index in [0.29, 0.717) is 22.5 Å². The van der Waals surface area contributed by atoms with Crippen LogP contribution in [-0.2, 0) is 4.79 Å². The number of amides is 3. The summed E-state index contributed by atoms with van der Waals surface area (Å²) in [6, 6.07) is 13.7. The zero-order valence-electron chi connectivity index (χ0n) is 14.4. The maximum atomic E-state index is 12.5. The first-order valence-electron chi connectivity index (χ1n) is 9.04. The molecule has 1 saturated carbocycles. The van der Waals surface area contributed by atoms with Crippen LogP contribution in [-0.4, -0.2) is 17.7 Å². The van der Waals surface area contributed by atoms with Crippen molar-refractivity contribution < 1.29 is 14.4 Å². The lowest BCUT2D eigenvalue weighted by atomic mass is 9.88. The van der Waals surface area contributed by atoms with Crippen LogP contribution in [0.25, 0.3) is 0 Å². The zero-order valence-corrected chi connectivity index (χ0v) is 14.4. The van der Waals surface area contributed by atoms with Gasteiger partial charge >= 0.3 is 0 Å². The highest BCUT2D eigenvalue weighted by Crippen LogP contribution is 2.29. The molecule has 0 radical (unpaired) electrons. The Morgan fingerprint density at radius 1 is 0.846 bits per heavy atom. The van der Waals surface area contributed by atoms with Gasteiger partial charge in [0.05, 0.1) is 16.8 Å². The quantitative estimate of drug-likeness (QED) is 0.853. The molecule has 1 fully saturated rings. The lowest BCUT2D eigenvalue weighted by Gasteiger charge is -2.21. The Hall–Kier alpha value is -2.95. The second-order valence-electron chi connectivity index (χ2n) is 6.86. The van der Waals surface area contributed by atoms with Crippen molar-refractivity contribution in [2.24, 2.45) is 5.92 Å². The Morgan fingerprint density at radius 3 is 2.00 bits per heavy atom. The van der Waals surface area contributed by atoms with E-state index in [1.54, 1.807) is 48.5 Å². The van der Waals surface area contributed by atoms with E-state index in [9.17, 15) is 14.4 Å². The molecule has 2 aliphatic rings. The van der Waals surface area contributed by atoms with Crippen molar-refractivity contribution in [2.75, 3.05) is 10.2 Å². The van der Waals surface area contributed by atoms with Crippen molar-refractivity contribution in [1.82, 2.24) is 0 Å². The number of carbonyl (C=O) groups is 3. The predicted octanol–water partition coefficient (Wildman–Crippen LogP) is 4.01.